The Morgan fingerprint density at radius 1 is 1.39 bits per heavy atom. The number of aryl methyl sites for hydroxylation is 1. The van der Waals surface area contributed by atoms with Crippen molar-refractivity contribution in [3.8, 4) is 5.75 Å². The lowest BCUT2D eigenvalue weighted by molar-refractivity contribution is -0.120. The molecule has 18 heavy (non-hydrogen) atoms. The van der Waals surface area contributed by atoms with Crippen LogP contribution in [0.5, 0.6) is 5.75 Å². The average molecular weight is 250 g/mol. The van der Waals surface area contributed by atoms with Gasteiger partial charge >= 0.3 is 0 Å². The number of primary amides is 1. The predicted octanol–water partition coefficient (Wildman–Crippen LogP) is 1.53. The zero-order valence-electron chi connectivity index (χ0n) is 11.5. The van der Waals surface area contributed by atoms with Crippen molar-refractivity contribution >= 4 is 5.91 Å². The molecule has 0 fully saturated rings. The van der Waals surface area contributed by atoms with Gasteiger partial charge in [0.15, 0.2) is 0 Å². The van der Waals surface area contributed by atoms with Crippen LogP contribution in [0.3, 0.4) is 0 Å². The third-order valence-corrected chi connectivity index (χ3v) is 2.84. The molecule has 3 N–H and O–H groups in total. The maximum Gasteiger partial charge on any atom is 0.238 e. The fourth-order valence-corrected chi connectivity index (χ4v) is 1.67. The number of hydrogen-bond donors (Lipinski definition) is 2. The van der Waals surface area contributed by atoms with E-state index in [4.69, 9.17) is 10.5 Å². The van der Waals surface area contributed by atoms with Crippen molar-refractivity contribution in [2.45, 2.75) is 39.8 Å². The van der Waals surface area contributed by atoms with Gasteiger partial charge in [0, 0.05) is 6.04 Å². The number of nitrogens with two attached hydrogens (primary N) is 1. The molecule has 4 heteroatoms. The number of nitrogens with one attached hydrogen (secondary N) is 1. The van der Waals surface area contributed by atoms with Gasteiger partial charge in [0.25, 0.3) is 0 Å². The summed E-state index contributed by atoms with van der Waals surface area (Å²) in [6, 6.07) is 5.58. The van der Waals surface area contributed by atoms with Crippen LogP contribution in [0.4, 0.5) is 0 Å². The number of rotatable bonds is 6. The van der Waals surface area contributed by atoms with Crippen molar-refractivity contribution in [3.05, 3.63) is 29.3 Å². The van der Waals surface area contributed by atoms with E-state index < -0.39 is 11.9 Å². The summed E-state index contributed by atoms with van der Waals surface area (Å²) in [4.78, 5) is 11.3. The molecule has 0 bridgehead atoms. The normalized spacial score (nSPS) is 12.5. The SMILES string of the molecule is Cc1cccc(OCC(NC(C)C)C(N)=O)c1C. The highest BCUT2D eigenvalue weighted by Gasteiger charge is 2.17. The molecule has 0 aromatic heterocycles. The van der Waals surface area contributed by atoms with E-state index in [1.54, 1.807) is 0 Å². The van der Waals surface area contributed by atoms with Crippen LogP contribution in [0.2, 0.25) is 0 Å². The van der Waals surface area contributed by atoms with Crippen LogP contribution in [0, 0.1) is 13.8 Å². The highest BCUT2D eigenvalue weighted by Crippen LogP contribution is 2.20. The number of carbonyl (C=O) groups is 1. The minimum atomic E-state index is -0.468. The van der Waals surface area contributed by atoms with Crippen LogP contribution in [0.1, 0.15) is 25.0 Å². The van der Waals surface area contributed by atoms with Gasteiger partial charge in [-0.25, -0.2) is 0 Å². The average Bonchev–Trinajstić information content (AvgIpc) is 2.28. The lowest BCUT2D eigenvalue weighted by Crippen LogP contribution is -2.48. The molecule has 1 unspecified atom stereocenters. The third kappa shape index (κ3) is 4.04. The van der Waals surface area contributed by atoms with Crippen LogP contribution in [0.15, 0.2) is 18.2 Å². The molecule has 0 radical (unpaired) electrons. The van der Waals surface area contributed by atoms with Crippen molar-refractivity contribution in [2.75, 3.05) is 6.61 Å². The first-order valence-corrected chi connectivity index (χ1v) is 6.16. The molecular weight excluding hydrogens is 228 g/mol. The zero-order chi connectivity index (χ0) is 13.7. The molecule has 0 heterocycles. The van der Waals surface area contributed by atoms with E-state index in [1.165, 1.54) is 5.56 Å². The van der Waals surface area contributed by atoms with Gasteiger partial charge in [-0.05, 0) is 31.0 Å². The quantitative estimate of drug-likeness (QED) is 0.805. The molecule has 1 amide bonds. The van der Waals surface area contributed by atoms with E-state index in [1.807, 2.05) is 45.9 Å². The molecule has 1 aromatic rings. The van der Waals surface area contributed by atoms with Gasteiger partial charge in [0.1, 0.15) is 18.4 Å². The molecule has 0 spiro atoms. The number of amides is 1. The maximum absolute atomic E-state index is 11.3. The standard InChI is InChI=1S/C14H22N2O2/c1-9(2)16-12(14(15)17)8-18-13-7-5-6-10(3)11(13)4/h5-7,9,12,16H,8H2,1-4H3,(H2,15,17). The molecule has 0 aliphatic carbocycles. The lowest BCUT2D eigenvalue weighted by Gasteiger charge is -2.19. The van der Waals surface area contributed by atoms with E-state index in [2.05, 4.69) is 5.32 Å². The fourth-order valence-electron chi connectivity index (χ4n) is 1.67. The van der Waals surface area contributed by atoms with Gasteiger partial charge in [-0.2, -0.15) is 0 Å². The van der Waals surface area contributed by atoms with Crippen molar-refractivity contribution in [2.24, 2.45) is 5.73 Å². The van der Waals surface area contributed by atoms with Gasteiger partial charge in [0.05, 0.1) is 0 Å². The number of ether oxygens (including phenoxy) is 1. The van der Waals surface area contributed by atoms with Crippen LogP contribution < -0.4 is 15.8 Å². The Morgan fingerprint density at radius 2 is 2.06 bits per heavy atom. The topological polar surface area (TPSA) is 64.3 Å². The van der Waals surface area contributed by atoms with E-state index in [-0.39, 0.29) is 12.6 Å². The van der Waals surface area contributed by atoms with Crippen molar-refractivity contribution in [1.82, 2.24) is 5.32 Å². The second kappa shape index (κ2) is 6.40. The van der Waals surface area contributed by atoms with Gasteiger partial charge in [-0.1, -0.05) is 26.0 Å². The molecular formula is C14H22N2O2. The second-order valence-electron chi connectivity index (χ2n) is 4.79. The first-order valence-electron chi connectivity index (χ1n) is 6.16. The summed E-state index contributed by atoms with van der Waals surface area (Å²) >= 11 is 0. The summed E-state index contributed by atoms with van der Waals surface area (Å²) in [5.74, 6) is 0.404. The van der Waals surface area contributed by atoms with Crippen LogP contribution in [-0.4, -0.2) is 24.6 Å². The highest BCUT2D eigenvalue weighted by molar-refractivity contribution is 5.80. The Bertz CT molecular complexity index is 416. The maximum atomic E-state index is 11.3. The third-order valence-electron chi connectivity index (χ3n) is 2.84. The number of hydrogen-bond acceptors (Lipinski definition) is 3. The molecule has 0 aliphatic heterocycles. The minimum Gasteiger partial charge on any atom is -0.491 e. The fraction of sp³-hybridized carbons (Fsp3) is 0.500. The molecule has 1 aromatic carbocycles. The summed E-state index contributed by atoms with van der Waals surface area (Å²) in [5, 5.41) is 3.08. The smallest absolute Gasteiger partial charge is 0.238 e. The second-order valence-corrected chi connectivity index (χ2v) is 4.79. The molecule has 4 nitrogen and oxygen atoms in total. The Labute approximate surface area is 109 Å². The summed E-state index contributed by atoms with van der Waals surface area (Å²) in [6.07, 6.45) is 0. The summed E-state index contributed by atoms with van der Waals surface area (Å²) < 4.78 is 5.68. The predicted molar refractivity (Wildman–Crippen MR) is 72.7 cm³/mol. The van der Waals surface area contributed by atoms with Crippen LogP contribution in [-0.2, 0) is 4.79 Å². The summed E-state index contributed by atoms with van der Waals surface area (Å²) in [5.41, 5.74) is 7.59. The summed E-state index contributed by atoms with van der Waals surface area (Å²) in [6.45, 7) is 8.21. The van der Waals surface area contributed by atoms with E-state index in [0.717, 1.165) is 11.3 Å². The first kappa shape index (κ1) is 14.5. The highest BCUT2D eigenvalue weighted by atomic mass is 16.5. The molecule has 0 saturated heterocycles. The van der Waals surface area contributed by atoms with Crippen molar-refractivity contribution < 1.29 is 9.53 Å². The molecule has 0 aliphatic rings. The Kier molecular flexibility index (Phi) is 5.16. The van der Waals surface area contributed by atoms with Gasteiger partial charge in [-0.15, -0.1) is 0 Å². The largest absolute Gasteiger partial charge is 0.491 e. The Hall–Kier alpha value is -1.55. The Morgan fingerprint density at radius 3 is 2.61 bits per heavy atom. The zero-order valence-corrected chi connectivity index (χ0v) is 11.5. The lowest BCUT2D eigenvalue weighted by atomic mass is 10.1. The van der Waals surface area contributed by atoms with Crippen molar-refractivity contribution in [3.63, 3.8) is 0 Å². The number of benzene rings is 1. The van der Waals surface area contributed by atoms with Gasteiger partial charge in [0.2, 0.25) is 5.91 Å². The van der Waals surface area contributed by atoms with E-state index in [0.29, 0.717) is 0 Å². The molecule has 1 atom stereocenters. The van der Waals surface area contributed by atoms with Gasteiger partial charge < -0.3 is 15.8 Å². The Balaban J connectivity index is 2.67. The first-order chi connectivity index (χ1) is 8.41. The monoisotopic (exact) mass is 250 g/mol. The number of carbonyl (C=O) groups excluding carboxylic acids is 1. The summed E-state index contributed by atoms with van der Waals surface area (Å²) in [7, 11) is 0. The molecule has 1 rings (SSSR count). The van der Waals surface area contributed by atoms with E-state index in [9.17, 15) is 4.79 Å². The van der Waals surface area contributed by atoms with Crippen LogP contribution >= 0.6 is 0 Å². The molecule has 100 valence electrons. The van der Waals surface area contributed by atoms with E-state index >= 15 is 0 Å². The minimum absolute atomic E-state index is 0.185. The van der Waals surface area contributed by atoms with Gasteiger partial charge in [-0.3, -0.25) is 4.79 Å². The van der Waals surface area contributed by atoms with Crippen molar-refractivity contribution in [1.29, 1.82) is 0 Å². The van der Waals surface area contributed by atoms with Crippen LogP contribution in [0.25, 0.3) is 0 Å². The molecule has 0 saturated carbocycles.